The second kappa shape index (κ2) is 9.14. The summed E-state index contributed by atoms with van der Waals surface area (Å²) in [4.78, 5) is 0. The van der Waals surface area contributed by atoms with Gasteiger partial charge in [0.1, 0.15) is 12.4 Å². The number of hydrogen-bond acceptors (Lipinski definition) is 3. The number of halogens is 1. The summed E-state index contributed by atoms with van der Waals surface area (Å²) in [6, 6.07) is 6.03. The molecule has 0 aliphatic carbocycles. The Morgan fingerprint density at radius 1 is 1.39 bits per heavy atom. The van der Waals surface area contributed by atoms with Crippen molar-refractivity contribution in [1.82, 2.24) is 5.32 Å². The zero-order valence-electron chi connectivity index (χ0n) is 10.9. The van der Waals surface area contributed by atoms with Crippen molar-refractivity contribution < 1.29 is 9.47 Å². The molecule has 0 fully saturated rings. The third-order valence-corrected chi connectivity index (χ3v) is 3.17. The van der Waals surface area contributed by atoms with E-state index in [0.717, 1.165) is 29.9 Å². The van der Waals surface area contributed by atoms with E-state index in [-0.39, 0.29) is 0 Å². The molecule has 0 spiro atoms. The van der Waals surface area contributed by atoms with Crippen LogP contribution in [0.2, 0.25) is 0 Å². The lowest BCUT2D eigenvalue weighted by Gasteiger charge is -2.09. The number of hydrogen-bond donors (Lipinski definition) is 1. The largest absolute Gasteiger partial charge is 0.490 e. The Bertz CT molecular complexity index is 380. The van der Waals surface area contributed by atoms with E-state index in [1.54, 1.807) is 7.11 Å². The number of allylic oxidation sites excluding steroid dienone is 1. The molecular weight excluding hydrogens is 294 g/mol. The first-order valence-electron chi connectivity index (χ1n) is 6.00. The topological polar surface area (TPSA) is 30.5 Å². The van der Waals surface area contributed by atoms with E-state index in [1.807, 2.05) is 37.3 Å². The summed E-state index contributed by atoms with van der Waals surface area (Å²) < 4.78 is 11.7. The fourth-order valence-electron chi connectivity index (χ4n) is 1.41. The molecule has 0 unspecified atom stereocenters. The van der Waals surface area contributed by atoms with Crippen LogP contribution in [-0.4, -0.2) is 26.9 Å². The first-order chi connectivity index (χ1) is 8.77. The lowest BCUT2D eigenvalue weighted by Crippen LogP contribution is -2.18. The van der Waals surface area contributed by atoms with Crippen molar-refractivity contribution in [3.8, 4) is 5.75 Å². The molecule has 0 amide bonds. The van der Waals surface area contributed by atoms with Gasteiger partial charge in [0.25, 0.3) is 0 Å². The lowest BCUT2D eigenvalue weighted by molar-refractivity contribution is 0.199. The zero-order chi connectivity index (χ0) is 13.2. The van der Waals surface area contributed by atoms with Crippen molar-refractivity contribution in [3.63, 3.8) is 0 Å². The van der Waals surface area contributed by atoms with Gasteiger partial charge in [0, 0.05) is 24.7 Å². The molecule has 0 saturated carbocycles. The van der Waals surface area contributed by atoms with Crippen molar-refractivity contribution in [1.29, 1.82) is 0 Å². The Kier molecular flexibility index (Phi) is 7.73. The van der Waals surface area contributed by atoms with Crippen LogP contribution in [0.25, 0.3) is 0 Å². The van der Waals surface area contributed by atoms with Gasteiger partial charge in [-0.3, -0.25) is 0 Å². The van der Waals surface area contributed by atoms with E-state index in [1.165, 1.54) is 5.56 Å². The predicted octanol–water partition coefficient (Wildman–Crippen LogP) is 3.14. The fraction of sp³-hybridized carbons (Fsp3) is 0.429. The van der Waals surface area contributed by atoms with Crippen LogP contribution in [0.1, 0.15) is 12.5 Å². The minimum atomic E-state index is 0.606. The molecule has 0 aliphatic rings. The minimum absolute atomic E-state index is 0.606. The first kappa shape index (κ1) is 15.2. The van der Waals surface area contributed by atoms with Crippen molar-refractivity contribution in [2.75, 3.05) is 26.9 Å². The number of nitrogens with one attached hydrogen (secondary N) is 1. The molecule has 0 saturated heterocycles. The summed E-state index contributed by atoms with van der Waals surface area (Å²) in [5.74, 6) is 0.889. The van der Waals surface area contributed by atoms with Gasteiger partial charge >= 0.3 is 0 Å². The average molecular weight is 314 g/mol. The molecule has 0 aliphatic heterocycles. The zero-order valence-corrected chi connectivity index (χ0v) is 12.5. The van der Waals surface area contributed by atoms with E-state index in [0.29, 0.717) is 6.61 Å². The quantitative estimate of drug-likeness (QED) is 0.591. The molecule has 1 rings (SSSR count). The Balaban J connectivity index is 2.51. The van der Waals surface area contributed by atoms with Crippen molar-refractivity contribution >= 4 is 15.9 Å². The third kappa shape index (κ3) is 5.67. The van der Waals surface area contributed by atoms with E-state index < -0.39 is 0 Å². The summed E-state index contributed by atoms with van der Waals surface area (Å²) in [6.45, 7) is 4.94. The van der Waals surface area contributed by atoms with E-state index >= 15 is 0 Å². The van der Waals surface area contributed by atoms with Crippen LogP contribution < -0.4 is 10.1 Å². The highest BCUT2D eigenvalue weighted by Gasteiger charge is 2.02. The smallest absolute Gasteiger partial charge is 0.120 e. The predicted molar refractivity (Wildman–Crippen MR) is 78.0 cm³/mol. The number of ether oxygens (including phenoxy) is 2. The van der Waals surface area contributed by atoms with Crippen LogP contribution in [0, 0.1) is 0 Å². The molecule has 3 nitrogen and oxygen atoms in total. The highest BCUT2D eigenvalue weighted by molar-refractivity contribution is 9.10. The van der Waals surface area contributed by atoms with Crippen molar-refractivity contribution in [2.24, 2.45) is 0 Å². The molecule has 1 N–H and O–H groups in total. The number of methoxy groups -OCH3 is 1. The van der Waals surface area contributed by atoms with Gasteiger partial charge < -0.3 is 14.8 Å². The van der Waals surface area contributed by atoms with Crippen LogP contribution >= 0.6 is 15.9 Å². The Morgan fingerprint density at radius 3 is 2.94 bits per heavy atom. The third-order valence-electron chi connectivity index (χ3n) is 2.40. The van der Waals surface area contributed by atoms with Crippen LogP contribution in [0.3, 0.4) is 0 Å². The second-order valence-corrected chi connectivity index (χ2v) is 4.66. The molecule has 1 aromatic carbocycles. The first-order valence-corrected chi connectivity index (χ1v) is 6.79. The summed E-state index contributed by atoms with van der Waals surface area (Å²) in [5, 5.41) is 3.31. The van der Waals surface area contributed by atoms with Gasteiger partial charge in [0.15, 0.2) is 0 Å². The summed E-state index contributed by atoms with van der Waals surface area (Å²) >= 11 is 3.54. The molecule has 0 aromatic heterocycles. The van der Waals surface area contributed by atoms with Gasteiger partial charge in [-0.2, -0.15) is 0 Å². The Hall–Kier alpha value is -0.840. The van der Waals surface area contributed by atoms with Crippen LogP contribution in [0.15, 0.2) is 34.8 Å². The van der Waals surface area contributed by atoms with Gasteiger partial charge in [-0.25, -0.2) is 0 Å². The van der Waals surface area contributed by atoms with E-state index in [2.05, 4.69) is 21.2 Å². The van der Waals surface area contributed by atoms with E-state index in [9.17, 15) is 0 Å². The number of rotatable bonds is 8. The maximum absolute atomic E-state index is 5.61. The molecule has 18 heavy (non-hydrogen) atoms. The Labute approximate surface area is 117 Å². The molecule has 100 valence electrons. The SMILES string of the molecule is C/C=C/COc1ccc(Br)c(CNCCOC)c1. The summed E-state index contributed by atoms with van der Waals surface area (Å²) in [5.41, 5.74) is 1.18. The fourth-order valence-corrected chi connectivity index (χ4v) is 1.80. The standard InChI is InChI=1S/C14H20BrNO2/c1-3-4-8-18-13-5-6-14(15)12(10-13)11-16-7-9-17-2/h3-6,10,16H,7-9,11H2,1-2H3/b4-3+. The highest BCUT2D eigenvalue weighted by Crippen LogP contribution is 2.22. The minimum Gasteiger partial charge on any atom is -0.490 e. The van der Waals surface area contributed by atoms with Gasteiger partial charge in [0.2, 0.25) is 0 Å². The van der Waals surface area contributed by atoms with Crippen molar-refractivity contribution in [3.05, 3.63) is 40.4 Å². The highest BCUT2D eigenvalue weighted by atomic mass is 79.9. The second-order valence-electron chi connectivity index (χ2n) is 3.80. The molecule has 0 atom stereocenters. The number of benzene rings is 1. The summed E-state index contributed by atoms with van der Waals surface area (Å²) in [7, 11) is 1.70. The average Bonchev–Trinajstić information content (AvgIpc) is 2.38. The maximum Gasteiger partial charge on any atom is 0.120 e. The monoisotopic (exact) mass is 313 g/mol. The molecule has 0 heterocycles. The van der Waals surface area contributed by atoms with Gasteiger partial charge in [-0.1, -0.05) is 28.1 Å². The molecule has 4 heteroatoms. The van der Waals surface area contributed by atoms with Crippen LogP contribution in [0.5, 0.6) is 5.75 Å². The molecule has 0 radical (unpaired) electrons. The van der Waals surface area contributed by atoms with Gasteiger partial charge in [-0.05, 0) is 30.7 Å². The molecule has 0 bridgehead atoms. The van der Waals surface area contributed by atoms with Gasteiger partial charge in [-0.15, -0.1) is 0 Å². The summed E-state index contributed by atoms with van der Waals surface area (Å²) in [6.07, 6.45) is 3.96. The normalized spacial score (nSPS) is 11.1. The maximum atomic E-state index is 5.61. The molecule has 1 aromatic rings. The van der Waals surface area contributed by atoms with E-state index in [4.69, 9.17) is 9.47 Å². The lowest BCUT2D eigenvalue weighted by atomic mass is 10.2. The van der Waals surface area contributed by atoms with Gasteiger partial charge in [0.05, 0.1) is 6.61 Å². The van der Waals surface area contributed by atoms with Crippen molar-refractivity contribution in [2.45, 2.75) is 13.5 Å². The molecular formula is C14H20BrNO2. The Morgan fingerprint density at radius 2 is 2.22 bits per heavy atom. The van der Waals surface area contributed by atoms with Crippen LogP contribution in [0.4, 0.5) is 0 Å². The van der Waals surface area contributed by atoms with Crippen LogP contribution in [-0.2, 0) is 11.3 Å².